The van der Waals surface area contributed by atoms with Gasteiger partial charge in [0.25, 0.3) is 0 Å². The van der Waals surface area contributed by atoms with Crippen molar-refractivity contribution in [3.8, 4) is 6.07 Å². The van der Waals surface area contributed by atoms with Crippen LogP contribution < -0.4 is 10.6 Å². The molecule has 1 fully saturated rings. The molecule has 1 saturated heterocycles. The number of nitro groups is 1. The van der Waals surface area contributed by atoms with Gasteiger partial charge in [0.1, 0.15) is 29.6 Å². The molecule has 1 aromatic rings. The van der Waals surface area contributed by atoms with Crippen molar-refractivity contribution in [2.24, 2.45) is 5.73 Å². The van der Waals surface area contributed by atoms with Crippen LogP contribution in [0.4, 0.5) is 16.2 Å². The normalized spacial score (nSPS) is 17.9. The Morgan fingerprint density at radius 1 is 1.62 bits per heavy atom. The maximum absolute atomic E-state index is 11.1. The minimum Gasteiger partial charge on any atom is -0.445 e. The molecule has 1 aromatic heterocycles. The lowest BCUT2D eigenvalue weighted by molar-refractivity contribution is -0.384. The fraction of sp³-hybridized carbons (Fsp3) is 0.417. The van der Waals surface area contributed by atoms with Gasteiger partial charge < -0.3 is 15.4 Å². The molecular weight excluding hydrogens is 278 g/mol. The largest absolute Gasteiger partial charge is 0.445 e. The van der Waals surface area contributed by atoms with Gasteiger partial charge in [-0.05, 0) is 12.8 Å². The molecule has 0 saturated carbocycles. The highest BCUT2D eigenvalue weighted by Crippen LogP contribution is 2.33. The van der Waals surface area contributed by atoms with Gasteiger partial charge >= 0.3 is 11.8 Å². The molecule has 0 spiro atoms. The number of aromatic nitrogens is 1. The number of anilines is 1. The molecule has 1 aliphatic heterocycles. The SMILES string of the molecule is N#Cc1cncc([N+](=O)[O-])c1N1CCC[C@H](OC(N)=O)C1. The summed E-state index contributed by atoms with van der Waals surface area (Å²) in [6.07, 6.45) is 2.35. The first kappa shape index (κ1) is 14.5. The van der Waals surface area contributed by atoms with Gasteiger partial charge in [0.2, 0.25) is 0 Å². The number of hydrogen-bond acceptors (Lipinski definition) is 7. The Morgan fingerprint density at radius 3 is 3.00 bits per heavy atom. The van der Waals surface area contributed by atoms with Crippen LogP contribution in [-0.2, 0) is 4.74 Å². The number of nitriles is 1. The van der Waals surface area contributed by atoms with Crippen molar-refractivity contribution < 1.29 is 14.5 Å². The molecule has 21 heavy (non-hydrogen) atoms. The van der Waals surface area contributed by atoms with Gasteiger partial charge in [-0.15, -0.1) is 0 Å². The maximum Gasteiger partial charge on any atom is 0.404 e. The summed E-state index contributed by atoms with van der Waals surface area (Å²) in [4.78, 5) is 26.7. The average Bonchev–Trinajstić information content (AvgIpc) is 2.45. The number of nitrogens with zero attached hydrogens (tertiary/aromatic N) is 4. The Kier molecular flexibility index (Phi) is 4.18. The molecule has 0 aromatic carbocycles. The number of ether oxygens (including phenoxy) is 1. The highest BCUT2D eigenvalue weighted by atomic mass is 16.6. The van der Waals surface area contributed by atoms with Crippen LogP contribution in [0, 0.1) is 21.4 Å². The van der Waals surface area contributed by atoms with Crippen LogP contribution in [0.2, 0.25) is 0 Å². The Hall–Kier alpha value is -2.89. The highest BCUT2D eigenvalue weighted by molar-refractivity contribution is 5.70. The summed E-state index contributed by atoms with van der Waals surface area (Å²) in [5.41, 5.74) is 5.07. The van der Waals surface area contributed by atoms with E-state index >= 15 is 0 Å². The highest BCUT2D eigenvalue weighted by Gasteiger charge is 2.29. The zero-order chi connectivity index (χ0) is 15.4. The van der Waals surface area contributed by atoms with Crippen molar-refractivity contribution in [3.05, 3.63) is 28.1 Å². The van der Waals surface area contributed by atoms with Crippen LogP contribution in [0.1, 0.15) is 18.4 Å². The van der Waals surface area contributed by atoms with Crippen molar-refractivity contribution in [2.75, 3.05) is 18.0 Å². The molecule has 0 unspecified atom stereocenters. The number of rotatable bonds is 3. The minimum absolute atomic E-state index is 0.115. The third-order valence-corrected chi connectivity index (χ3v) is 3.19. The first-order valence-electron chi connectivity index (χ1n) is 6.26. The molecule has 1 aliphatic rings. The zero-order valence-electron chi connectivity index (χ0n) is 11.1. The van der Waals surface area contributed by atoms with E-state index in [-0.39, 0.29) is 23.5 Å². The quantitative estimate of drug-likeness (QED) is 0.646. The van der Waals surface area contributed by atoms with E-state index in [1.54, 1.807) is 4.90 Å². The summed E-state index contributed by atoms with van der Waals surface area (Å²) in [6.45, 7) is 0.778. The molecule has 2 N–H and O–H groups in total. The fourth-order valence-electron chi connectivity index (χ4n) is 2.39. The van der Waals surface area contributed by atoms with Crippen molar-refractivity contribution in [3.63, 3.8) is 0 Å². The van der Waals surface area contributed by atoms with Crippen molar-refractivity contribution in [1.82, 2.24) is 4.98 Å². The molecule has 9 nitrogen and oxygen atoms in total. The number of nitrogens with two attached hydrogens (primary N) is 1. The summed E-state index contributed by atoms with van der Waals surface area (Å²) in [5.74, 6) is 0. The van der Waals surface area contributed by atoms with Gasteiger partial charge in [0.15, 0.2) is 0 Å². The van der Waals surface area contributed by atoms with Gasteiger partial charge in [0.05, 0.1) is 11.5 Å². The predicted molar refractivity (Wildman–Crippen MR) is 71.5 cm³/mol. The van der Waals surface area contributed by atoms with Crippen molar-refractivity contribution in [2.45, 2.75) is 18.9 Å². The van der Waals surface area contributed by atoms with Gasteiger partial charge in [-0.3, -0.25) is 15.1 Å². The number of amides is 1. The minimum atomic E-state index is -0.883. The summed E-state index contributed by atoms with van der Waals surface area (Å²) in [7, 11) is 0. The van der Waals surface area contributed by atoms with Crippen LogP contribution in [-0.4, -0.2) is 35.2 Å². The van der Waals surface area contributed by atoms with Crippen molar-refractivity contribution in [1.29, 1.82) is 5.26 Å². The molecule has 2 rings (SSSR count). The average molecular weight is 291 g/mol. The number of pyridine rings is 1. The van der Waals surface area contributed by atoms with E-state index in [1.165, 1.54) is 6.20 Å². The monoisotopic (exact) mass is 291 g/mol. The van der Waals surface area contributed by atoms with Crippen LogP contribution in [0.5, 0.6) is 0 Å². The predicted octanol–water partition coefficient (Wildman–Crippen LogP) is 0.926. The van der Waals surface area contributed by atoms with E-state index in [1.807, 2.05) is 6.07 Å². The van der Waals surface area contributed by atoms with E-state index in [4.69, 9.17) is 15.7 Å². The van der Waals surface area contributed by atoms with Gasteiger partial charge in [-0.1, -0.05) is 0 Å². The van der Waals surface area contributed by atoms with Gasteiger partial charge in [-0.2, -0.15) is 5.26 Å². The first-order chi connectivity index (χ1) is 10.0. The second-order valence-corrected chi connectivity index (χ2v) is 4.57. The van der Waals surface area contributed by atoms with Crippen LogP contribution >= 0.6 is 0 Å². The molecule has 110 valence electrons. The first-order valence-corrected chi connectivity index (χ1v) is 6.26. The maximum atomic E-state index is 11.1. The fourth-order valence-corrected chi connectivity index (χ4v) is 2.39. The topological polar surface area (TPSA) is 135 Å². The molecule has 0 bridgehead atoms. The lowest BCUT2D eigenvalue weighted by Crippen LogP contribution is -2.42. The van der Waals surface area contributed by atoms with E-state index in [0.717, 1.165) is 6.20 Å². The number of carbonyl (C=O) groups is 1. The Balaban J connectivity index is 2.34. The standard InChI is InChI=1S/C12H13N5O4/c13-4-8-5-15-6-10(17(19)20)11(8)16-3-1-2-9(7-16)21-12(14)18/h5-6,9H,1-3,7H2,(H2,14,18)/t9-/m0/s1. The molecule has 1 amide bonds. The Morgan fingerprint density at radius 2 is 2.38 bits per heavy atom. The Bertz CT molecular complexity index is 612. The second kappa shape index (κ2) is 6.04. The summed E-state index contributed by atoms with van der Waals surface area (Å²) in [5, 5.41) is 20.2. The number of hydrogen-bond donors (Lipinski definition) is 1. The third kappa shape index (κ3) is 3.17. The molecule has 2 heterocycles. The lowest BCUT2D eigenvalue weighted by Gasteiger charge is -2.33. The third-order valence-electron chi connectivity index (χ3n) is 3.19. The van der Waals surface area contributed by atoms with E-state index in [9.17, 15) is 14.9 Å². The summed E-state index contributed by atoms with van der Waals surface area (Å²) < 4.78 is 4.95. The van der Waals surface area contributed by atoms with Crippen LogP contribution in [0.15, 0.2) is 12.4 Å². The van der Waals surface area contributed by atoms with Crippen LogP contribution in [0.3, 0.4) is 0 Å². The van der Waals surface area contributed by atoms with Gasteiger partial charge in [0, 0.05) is 12.7 Å². The van der Waals surface area contributed by atoms with E-state index in [2.05, 4.69) is 4.98 Å². The molecular formula is C12H13N5O4. The second-order valence-electron chi connectivity index (χ2n) is 4.57. The number of piperidine rings is 1. The molecule has 0 aliphatic carbocycles. The number of primary amides is 1. The van der Waals surface area contributed by atoms with E-state index in [0.29, 0.717) is 19.4 Å². The summed E-state index contributed by atoms with van der Waals surface area (Å²) in [6, 6.07) is 1.90. The van der Waals surface area contributed by atoms with E-state index < -0.39 is 17.1 Å². The van der Waals surface area contributed by atoms with Crippen LogP contribution in [0.25, 0.3) is 0 Å². The zero-order valence-corrected chi connectivity index (χ0v) is 11.1. The van der Waals surface area contributed by atoms with Crippen molar-refractivity contribution >= 4 is 17.5 Å². The smallest absolute Gasteiger partial charge is 0.404 e. The molecule has 9 heteroatoms. The molecule has 0 radical (unpaired) electrons. The lowest BCUT2D eigenvalue weighted by atomic mass is 10.1. The number of carbonyl (C=O) groups excluding carboxylic acids is 1. The molecule has 1 atom stereocenters. The van der Waals surface area contributed by atoms with Gasteiger partial charge in [-0.25, -0.2) is 4.79 Å². The summed E-state index contributed by atoms with van der Waals surface area (Å²) >= 11 is 0. The Labute approximate surface area is 120 Å².